The molecular formula is C25H23F2N5O2. The number of nitrogens with two attached hydrogens (primary N) is 1. The molecule has 174 valence electrons. The molecule has 2 fully saturated rings. The Bertz CT molecular complexity index is 1330. The van der Waals surface area contributed by atoms with E-state index in [0.717, 1.165) is 12.8 Å². The van der Waals surface area contributed by atoms with E-state index in [1.165, 1.54) is 31.4 Å². The van der Waals surface area contributed by atoms with Crippen molar-refractivity contribution in [2.24, 2.45) is 5.73 Å². The molecule has 34 heavy (non-hydrogen) atoms. The maximum atomic E-state index is 14.7. The van der Waals surface area contributed by atoms with Crippen LogP contribution in [0.3, 0.4) is 0 Å². The molecule has 1 aliphatic carbocycles. The first-order chi connectivity index (χ1) is 16.4. The molecule has 0 radical (unpaired) electrons. The normalized spacial score (nSPS) is 17.6. The molecule has 3 aromatic rings. The summed E-state index contributed by atoms with van der Waals surface area (Å²) in [5.74, 6) is -0.998. The SMILES string of the molecule is [C-]#[N+]c1ccc(-c2nc(C(=O)N3CC[C@H](N)C3)c(C3CC3)n2-c2ccc(OC)c(F)c2)cc1F. The highest BCUT2D eigenvalue weighted by atomic mass is 19.1. The summed E-state index contributed by atoms with van der Waals surface area (Å²) in [7, 11) is 1.38. The molecule has 0 unspecified atom stereocenters. The number of ether oxygens (including phenoxy) is 1. The van der Waals surface area contributed by atoms with Crippen LogP contribution >= 0.6 is 0 Å². The highest BCUT2D eigenvalue weighted by molar-refractivity contribution is 5.95. The number of nitrogens with zero attached hydrogens (tertiary/aromatic N) is 4. The van der Waals surface area contributed by atoms with Gasteiger partial charge in [-0.2, -0.15) is 0 Å². The first kappa shape index (κ1) is 22.0. The Balaban J connectivity index is 1.73. The number of benzene rings is 2. The van der Waals surface area contributed by atoms with Crippen LogP contribution in [-0.4, -0.2) is 46.6 Å². The predicted octanol–water partition coefficient (Wildman–Crippen LogP) is 4.43. The highest BCUT2D eigenvalue weighted by Crippen LogP contribution is 2.45. The quantitative estimate of drug-likeness (QED) is 0.568. The predicted molar refractivity (Wildman–Crippen MR) is 122 cm³/mol. The molecule has 1 amide bonds. The zero-order chi connectivity index (χ0) is 24.0. The Morgan fingerprint density at radius 2 is 1.97 bits per heavy atom. The Morgan fingerprint density at radius 1 is 1.18 bits per heavy atom. The second-order valence-electron chi connectivity index (χ2n) is 8.68. The second kappa shape index (κ2) is 8.54. The van der Waals surface area contributed by atoms with Crippen molar-refractivity contribution in [2.75, 3.05) is 20.2 Å². The van der Waals surface area contributed by atoms with Gasteiger partial charge in [0.15, 0.2) is 17.3 Å². The monoisotopic (exact) mass is 463 g/mol. The van der Waals surface area contributed by atoms with Gasteiger partial charge in [-0.05, 0) is 37.5 Å². The summed E-state index contributed by atoms with van der Waals surface area (Å²) in [5, 5.41) is 0. The lowest BCUT2D eigenvalue weighted by Crippen LogP contribution is -2.32. The number of hydrogen-bond acceptors (Lipinski definition) is 4. The summed E-state index contributed by atoms with van der Waals surface area (Å²) in [4.78, 5) is 23.0. The maximum Gasteiger partial charge on any atom is 0.274 e. The Labute approximate surface area is 195 Å². The maximum absolute atomic E-state index is 14.7. The van der Waals surface area contributed by atoms with Crippen molar-refractivity contribution in [3.63, 3.8) is 0 Å². The van der Waals surface area contributed by atoms with Crippen LogP contribution in [0.15, 0.2) is 36.4 Å². The number of imidazole rings is 1. The van der Waals surface area contributed by atoms with Crippen molar-refractivity contribution in [1.29, 1.82) is 0 Å². The topological polar surface area (TPSA) is 77.7 Å². The Hall–Kier alpha value is -3.77. The largest absolute Gasteiger partial charge is 0.494 e. The third-order valence-corrected chi connectivity index (χ3v) is 6.31. The molecule has 2 N–H and O–H groups in total. The minimum absolute atomic E-state index is 0.0778. The number of halogens is 2. The average Bonchev–Trinajstić information content (AvgIpc) is 3.45. The molecule has 1 aromatic heterocycles. The minimum Gasteiger partial charge on any atom is -0.494 e. The smallest absolute Gasteiger partial charge is 0.274 e. The van der Waals surface area contributed by atoms with E-state index in [1.54, 1.807) is 21.6 Å². The van der Waals surface area contributed by atoms with Gasteiger partial charge >= 0.3 is 0 Å². The molecule has 9 heteroatoms. The van der Waals surface area contributed by atoms with E-state index in [9.17, 15) is 13.6 Å². The average molecular weight is 463 g/mol. The number of hydrogen-bond donors (Lipinski definition) is 1. The number of carbonyl (C=O) groups is 1. The van der Waals surface area contributed by atoms with Crippen LogP contribution in [0.1, 0.15) is 41.4 Å². The lowest BCUT2D eigenvalue weighted by atomic mass is 10.1. The molecule has 0 spiro atoms. The number of methoxy groups -OCH3 is 1. The zero-order valence-corrected chi connectivity index (χ0v) is 18.6. The molecule has 1 atom stereocenters. The fraction of sp³-hybridized carbons (Fsp3) is 0.320. The van der Waals surface area contributed by atoms with Gasteiger partial charge in [0.2, 0.25) is 5.69 Å². The minimum atomic E-state index is -0.686. The number of amides is 1. The van der Waals surface area contributed by atoms with Crippen LogP contribution in [-0.2, 0) is 0 Å². The molecular weight excluding hydrogens is 440 g/mol. The van der Waals surface area contributed by atoms with Crippen LogP contribution in [0.4, 0.5) is 14.5 Å². The van der Waals surface area contributed by atoms with Crippen LogP contribution in [0, 0.1) is 18.2 Å². The summed E-state index contributed by atoms with van der Waals surface area (Å²) in [6, 6.07) is 8.62. The van der Waals surface area contributed by atoms with Crippen LogP contribution < -0.4 is 10.5 Å². The summed E-state index contributed by atoms with van der Waals surface area (Å²) < 4.78 is 36.0. The highest BCUT2D eigenvalue weighted by Gasteiger charge is 2.38. The lowest BCUT2D eigenvalue weighted by Gasteiger charge is -2.16. The number of aromatic nitrogens is 2. The van der Waals surface area contributed by atoms with Gasteiger partial charge in [-0.25, -0.2) is 18.6 Å². The van der Waals surface area contributed by atoms with E-state index < -0.39 is 11.6 Å². The molecule has 2 heterocycles. The summed E-state index contributed by atoms with van der Waals surface area (Å²) in [5.41, 5.74) is 7.71. The van der Waals surface area contributed by atoms with E-state index in [1.807, 2.05) is 0 Å². The van der Waals surface area contributed by atoms with E-state index in [4.69, 9.17) is 17.0 Å². The first-order valence-electron chi connectivity index (χ1n) is 11.1. The van der Waals surface area contributed by atoms with Gasteiger partial charge in [0.05, 0.1) is 25.1 Å². The summed E-state index contributed by atoms with van der Waals surface area (Å²) in [6.07, 6.45) is 2.45. The molecule has 2 aromatic carbocycles. The molecule has 7 nitrogen and oxygen atoms in total. The lowest BCUT2D eigenvalue weighted by molar-refractivity contribution is 0.0784. The van der Waals surface area contributed by atoms with E-state index in [0.29, 0.717) is 42.3 Å². The number of likely N-dealkylation sites (tertiary alicyclic amines) is 1. The van der Waals surface area contributed by atoms with Crippen molar-refractivity contribution in [1.82, 2.24) is 14.5 Å². The molecule has 1 aliphatic heterocycles. The van der Waals surface area contributed by atoms with Gasteiger partial charge in [-0.15, -0.1) is 0 Å². The van der Waals surface area contributed by atoms with E-state index in [2.05, 4.69) is 9.83 Å². The third kappa shape index (κ3) is 3.80. The summed E-state index contributed by atoms with van der Waals surface area (Å²) in [6.45, 7) is 8.10. The first-order valence-corrected chi connectivity index (χ1v) is 11.1. The van der Waals surface area contributed by atoms with Crippen molar-refractivity contribution in [2.45, 2.75) is 31.2 Å². The molecule has 0 bridgehead atoms. The molecule has 5 rings (SSSR count). The third-order valence-electron chi connectivity index (χ3n) is 6.31. The van der Waals surface area contributed by atoms with E-state index in [-0.39, 0.29) is 35.0 Å². The molecule has 2 aliphatic rings. The van der Waals surface area contributed by atoms with Gasteiger partial charge in [0.1, 0.15) is 11.6 Å². The second-order valence-corrected chi connectivity index (χ2v) is 8.68. The zero-order valence-electron chi connectivity index (χ0n) is 18.6. The van der Waals surface area contributed by atoms with Gasteiger partial charge in [-0.1, -0.05) is 12.1 Å². The van der Waals surface area contributed by atoms with Crippen molar-refractivity contribution in [3.05, 3.63) is 70.8 Å². The summed E-state index contributed by atoms with van der Waals surface area (Å²) >= 11 is 0. The standard InChI is InChI=1S/C25H23F2N5O2/c1-29-20-7-5-15(11-18(20)26)24-30-22(25(33)31-10-9-16(28)13-31)23(14-3-4-14)32(24)17-6-8-21(34-2)19(27)12-17/h5-8,11-12,14,16H,3-4,9-10,13,28H2,2H3/t16-/m0/s1. The van der Waals surface area contributed by atoms with Gasteiger partial charge in [0.25, 0.3) is 5.91 Å². The van der Waals surface area contributed by atoms with Gasteiger partial charge in [0, 0.05) is 36.7 Å². The van der Waals surface area contributed by atoms with Crippen molar-refractivity contribution >= 4 is 11.6 Å². The van der Waals surface area contributed by atoms with Crippen LogP contribution in [0.5, 0.6) is 5.75 Å². The van der Waals surface area contributed by atoms with Gasteiger partial charge < -0.3 is 15.4 Å². The molecule has 1 saturated heterocycles. The number of rotatable bonds is 5. The fourth-order valence-electron chi connectivity index (χ4n) is 4.43. The fourth-order valence-corrected chi connectivity index (χ4v) is 4.43. The van der Waals surface area contributed by atoms with E-state index >= 15 is 0 Å². The number of carbonyl (C=O) groups excluding carboxylic acids is 1. The Kier molecular flexibility index (Phi) is 5.54. The molecule has 1 saturated carbocycles. The van der Waals surface area contributed by atoms with Crippen molar-refractivity contribution < 1.29 is 18.3 Å². The van der Waals surface area contributed by atoms with Crippen molar-refractivity contribution in [3.8, 4) is 22.8 Å². The Morgan fingerprint density at radius 3 is 2.56 bits per heavy atom. The van der Waals surface area contributed by atoms with Gasteiger partial charge in [-0.3, -0.25) is 9.36 Å². The van der Waals surface area contributed by atoms with Crippen LogP contribution in [0.2, 0.25) is 0 Å². The van der Waals surface area contributed by atoms with Crippen LogP contribution in [0.25, 0.3) is 21.9 Å².